The number of hydrogen-bond donors (Lipinski definition) is 1. The van der Waals surface area contributed by atoms with Crippen LogP contribution in [0.4, 0.5) is 0 Å². The van der Waals surface area contributed by atoms with Gasteiger partial charge in [-0.15, -0.1) is 0 Å². The van der Waals surface area contributed by atoms with Crippen molar-refractivity contribution in [1.29, 1.82) is 0 Å². The summed E-state index contributed by atoms with van der Waals surface area (Å²) in [7, 11) is 0. The van der Waals surface area contributed by atoms with E-state index in [-0.39, 0.29) is 6.10 Å². The van der Waals surface area contributed by atoms with Crippen LogP contribution in [0.2, 0.25) is 0 Å². The highest BCUT2D eigenvalue weighted by Gasteiger charge is 2.19. The molecule has 0 aromatic carbocycles. The highest BCUT2D eigenvalue weighted by molar-refractivity contribution is 6.28. The second-order valence-corrected chi connectivity index (χ2v) is 3.31. The summed E-state index contributed by atoms with van der Waals surface area (Å²) in [6.07, 6.45) is 8.14. The van der Waals surface area contributed by atoms with Gasteiger partial charge in [-0.3, -0.25) is 0 Å². The van der Waals surface area contributed by atoms with Crippen LogP contribution in [0, 0.1) is 0 Å². The molecule has 1 N–H and O–H groups in total. The molecule has 14 heavy (non-hydrogen) atoms. The van der Waals surface area contributed by atoms with E-state index in [2.05, 4.69) is 6.08 Å². The van der Waals surface area contributed by atoms with E-state index in [1.54, 1.807) is 0 Å². The molecule has 0 bridgehead atoms. The predicted octanol–water partition coefficient (Wildman–Crippen LogP) is 1.50. The van der Waals surface area contributed by atoms with Crippen LogP contribution in [-0.2, 0) is 14.3 Å². The molecule has 0 saturated carbocycles. The molecule has 4 nitrogen and oxygen atoms in total. The Morgan fingerprint density at radius 3 is 2.64 bits per heavy atom. The lowest BCUT2D eigenvalue weighted by Gasteiger charge is -2.16. The van der Waals surface area contributed by atoms with Crippen LogP contribution in [0.25, 0.3) is 0 Å². The smallest absolute Gasteiger partial charge is 0.417 e. The Kier molecular flexibility index (Phi) is 4.16. The van der Waals surface area contributed by atoms with Gasteiger partial charge in [0.25, 0.3) is 0 Å². The SMILES string of the molecule is O=C(O)C(=O)OC1CC/C=C\CCC1. The number of carbonyl (C=O) groups excluding carboxylic acids is 1. The number of allylic oxidation sites excluding steroid dienone is 2. The second kappa shape index (κ2) is 5.42. The number of carbonyl (C=O) groups is 2. The van der Waals surface area contributed by atoms with E-state index in [9.17, 15) is 9.59 Å². The third-order valence-electron chi connectivity index (χ3n) is 2.17. The normalized spacial score (nSPS) is 24.4. The van der Waals surface area contributed by atoms with Crippen molar-refractivity contribution in [3.8, 4) is 0 Å². The number of rotatable bonds is 1. The molecule has 4 heteroatoms. The van der Waals surface area contributed by atoms with Crippen LogP contribution in [0.15, 0.2) is 12.2 Å². The zero-order valence-electron chi connectivity index (χ0n) is 7.94. The standard InChI is InChI=1S/C10H14O4/c11-9(12)10(13)14-8-6-4-2-1-3-5-7-8/h1-2,8H,3-7H2,(H,11,12)/b2-1-. The van der Waals surface area contributed by atoms with Crippen molar-refractivity contribution in [2.45, 2.75) is 38.2 Å². The first-order valence-electron chi connectivity index (χ1n) is 4.79. The van der Waals surface area contributed by atoms with Gasteiger partial charge < -0.3 is 9.84 Å². The molecule has 0 heterocycles. The number of ether oxygens (including phenoxy) is 1. The van der Waals surface area contributed by atoms with Gasteiger partial charge in [0.15, 0.2) is 0 Å². The molecule has 0 aliphatic heterocycles. The molecule has 0 fully saturated rings. The van der Waals surface area contributed by atoms with Crippen molar-refractivity contribution >= 4 is 11.9 Å². The van der Waals surface area contributed by atoms with E-state index in [1.165, 1.54) is 0 Å². The average molecular weight is 198 g/mol. The third-order valence-corrected chi connectivity index (χ3v) is 2.17. The van der Waals surface area contributed by atoms with Gasteiger partial charge in [-0.25, -0.2) is 9.59 Å². The maximum atomic E-state index is 10.8. The van der Waals surface area contributed by atoms with Crippen molar-refractivity contribution in [2.24, 2.45) is 0 Å². The van der Waals surface area contributed by atoms with Gasteiger partial charge in [-0.05, 0) is 32.1 Å². The molecule has 1 unspecified atom stereocenters. The number of hydrogen-bond acceptors (Lipinski definition) is 3. The minimum atomic E-state index is -1.51. The second-order valence-electron chi connectivity index (χ2n) is 3.31. The molecule has 0 spiro atoms. The minimum absolute atomic E-state index is 0.233. The summed E-state index contributed by atoms with van der Waals surface area (Å²) in [6, 6.07) is 0. The fourth-order valence-corrected chi connectivity index (χ4v) is 1.45. The highest BCUT2D eigenvalue weighted by Crippen LogP contribution is 2.15. The summed E-state index contributed by atoms with van der Waals surface area (Å²) in [6.45, 7) is 0. The molecule has 1 aliphatic rings. The van der Waals surface area contributed by atoms with Gasteiger partial charge in [-0.2, -0.15) is 0 Å². The Labute approximate surface area is 82.6 Å². The van der Waals surface area contributed by atoms with Crippen LogP contribution >= 0.6 is 0 Å². The van der Waals surface area contributed by atoms with E-state index in [4.69, 9.17) is 9.84 Å². The lowest BCUT2D eigenvalue weighted by molar-refractivity contribution is -0.167. The van der Waals surface area contributed by atoms with Gasteiger partial charge in [0.05, 0.1) is 0 Å². The Hall–Kier alpha value is -1.32. The molecule has 0 radical (unpaired) electrons. The van der Waals surface area contributed by atoms with Gasteiger partial charge >= 0.3 is 11.9 Å². The summed E-state index contributed by atoms with van der Waals surface area (Å²) in [4.78, 5) is 21.0. The van der Waals surface area contributed by atoms with Crippen LogP contribution in [-0.4, -0.2) is 23.1 Å². The summed E-state index contributed by atoms with van der Waals surface area (Å²) in [5, 5.41) is 8.35. The molecule has 0 amide bonds. The molecule has 1 aliphatic carbocycles. The number of carboxylic acids is 1. The third kappa shape index (κ3) is 3.60. The highest BCUT2D eigenvalue weighted by atomic mass is 16.6. The maximum Gasteiger partial charge on any atom is 0.417 e. The van der Waals surface area contributed by atoms with Crippen molar-refractivity contribution < 1.29 is 19.4 Å². The molecule has 0 aromatic heterocycles. The first kappa shape index (κ1) is 10.8. The van der Waals surface area contributed by atoms with E-state index >= 15 is 0 Å². The van der Waals surface area contributed by atoms with Crippen LogP contribution in [0.3, 0.4) is 0 Å². The van der Waals surface area contributed by atoms with E-state index in [0.29, 0.717) is 0 Å². The van der Waals surface area contributed by atoms with Gasteiger partial charge in [0.2, 0.25) is 0 Å². The van der Waals surface area contributed by atoms with Gasteiger partial charge in [0.1, 0.15) is 6.10 Å². The lowest BCUT2D eigenvalue weighted by Crippen LogP contribution is -2.24. The van der Waals surface area contributed by atoms with E-state index < -0.39 is 11.9 Å². The topological polar surface area (TPSA) is 63.6 Å². The Bertz CT molecular complexity index is 245. The quantitative estimate of drug-likeness (QED) is 0.394. The molecule has 1 rings (SSSR count). The fraction of sp³-hybridized carbons (Fsp3) is 0.600. The monoisotopic (exact) mass is 198 g/mol. The number of esters is 1. The van der Waals surface area contributed by atoms with E-state index in [1.807, 2.05) is 6.08 Å². The number of aliphatic carboxylic acids is 1. The molecule has 1 atom stereocenters. The van der Waals surface area contributed by atoms with Crippen LogP contribution in [0.5, 0.6) is 0 Å². The molecule has 78 valence electrons. The molecule has 0 aromatic rings. The minimum Gasteiger partial charge on any atom is -0.473 e. The summed E-state index contributed by atoms with van der Waals surface area (Å²) >= 11 is 0. The molecular weight excluding hydrogens is 184 g/mol. The van der Waals surface area contributed by atoms with Gasteiger partial charge in [-0.1, -0.05) is 12.2 Å². The lowest BCUT2D eigenvalue weighted by atomic mass is 10.0. The first-order valence-corrected chi connectivity index (χ1v) is 4.79. The van der Waals surface area contributed by atoms with Crippen LogP contribution < -0.4 is 0 Å². The molecular formula is C10H14O4. The summed E-state index contributed by atoms with van der Waals surface area (Å²) < 4.78 is 4.82. The fourth-order valence-electron chi connectivity index (χ4n) is 1.45. The summed E-state index contributed by atoms with van der Waals surface area (Å²) in [5.41, 5.74) is 0. The summed E-state index contributed by atoms with van der Waals surface area (Å²) in [5.74, 6) is -2.65. The van der Waals surface area contributed by atoms with Crippen molar-refractivity contribution in [2.75, 3.05) is 0 Å². The Morgan fingerprint density at radius 2 is 1.93 bits per heavy atom. The maximum absolute atomic E-state index is 10.8. The van der Waals surface area contributed by atoms with E-state index in [0.717, 1.165) is 32.1 Å². The Balaban J connectivity index is 2.39. The average Bonchev–Trinajstić information content (AvgIpc) is 2.08. The van der Waals surface area contributed by atoms with Crippen molar-refractivity contribution in [3.05, 3.63) is 12.2 Å². The van der Waals surface area contributed by atoms with Crippen LogP contribution in [0.1, 0.15) is 32.1 Å². The largest absolute Gasteiger partial charge is 0.473 e. The zero-order chi connectivity index (χ0) is 10.4. The van der Waals surface area contributed by atoms with Gasteiger partial charge in [0, 0.05) is 0 Å². The van der Waals surface area contributed by atoms with Crippen molar-refractivity contribution in [1.82, 2.24) is 0 Å². The number of carboxylic acid groups (broad SMARTS) is 1. The molecule has 0 saturated heterocycles. The Morgan fingerprint density at radius 1 is 1.21 bits per heavy atom. The first-order chi connectivity index (χ1) is 6.70. The predicted molar refractivity (Wildman–Crippen MR) is 49.7 cm³/mol. The van der Waals surface area contributed by atoms with Crippen molar-refractivity contribution in [3.63, 3.8) is 0 Å². The zero-order valence-corrected chi connectivity index (χ0v) is 7.94.